The summed E-state index contributed by atoms with van der Waals surface area (Å²) in [4.78, 5) is 0. The average Bonchev–Trinajstić information content (AvgIpc) is 3.84. The molecule has 0 aliphatic heterocycles. The summed E-state index contributed by atoms with van der Waals surface area (Å²) in [5, 5.41) is 0. The molecule has 10 aliphatic rings. The van der Waals surface area contributed by atoms with Crippen LogP contribution in [0.15, 0.2) is 71.9 Å². The van der Waals surface area contributed by atoms with Crippen molar-refractivity contribution in [1.29, 1.82) is 0 Å². The van der Waals surface area contributed by atoms with Gasteiger partial charge in [0.15, 0.2) is 0 Å². The Morgan fingerprint density at radius 3 is 1.89 bits per heavy atom. The van der Waals surface area contributed by atoms with Crippen LogP contribution in [0, 0.1) is 94.7 Å². The van der Waals surface area contributed by atoms with Gasteiger partial charge in [0.25, 0.3) is 0 Å². The van der Waals surface area contributed by atoms with E-state index in [0.29, 0.717) is 11.8 Å². The van der Waals surface area contributed by atoms with E-state index in [4.69, 9.17) is 0 Å². The Balaban J connectivity index is 1.00. The van der Waals surface area contributed by atoms with Crippen molar-refractivity contribution in [1.82, 2.24) is 0 Å². The molecule has 1 aromatic carbocycles. The van der Waals surface area contributed by atoms with Crippen molar-refractivity contribution in [2.24, 2.45) is 94.7 Å². The molecular weight excluding hydrogens is 673 g/mol. The summed E-state index contributed by atoms with van der Waals surface area (Å²) in [6, 6.07) is 10.2. The van der Waals surface area contributed by atoms with E-state index in [1.165, 1.54) is 116 Å². The van der Waals surface area contributed by atoms with Crippen molar-refractivity contribution < 1.29 is 0 Å². The number of fused-ring (bicyclic) bond motifs is 7. The van der Waals surface area contributed by atoms with Crippen LogP contribution in [0.4, 0.5) is 0 Å². The summed E-state index contributed by atoms with van der Waals surface area (Å²) in [6.45, 7) is 5.25. The molecule has 15 unspecified atom stereocenters. The molecule has 15 atom stereocenters. The quantitative estimate of drug-likeness (QED) is 0.254. The predicted molar refractivity (Wildman–Crippen MR) is 235 cm³/mol. The molecule has 0 heteroatoms. The fourth-order valence-electron chi connectivity index (χ4n) is 18.2. The molecule has 1 aromatic rings. The van der Waals surface area contributed by atoms with Gasteiger partial charge in [0.05, 0.1) is 0 Å². The number of hydrogen-bond donors (Lipinski definition) is 0. The fraction of sp³-hybridized carbons (Fsp3) is 0.750. The minimum absolute atomic E-state index is 0.694. The van der Waals surface area contributed by atoms with Crippen molar-refractivity contribution in [2.75, 3.05) is 0 Å². The van der Waals surface area contributed by atoms with Crippen LogP contribution in [0.5, 0.6) is 0 Å². The molecule has 0 N–H and O–H groups in total. The zero-order valence-corrected chi connectivity index (χ0v) is 35.7. The number of hydrogen-bond acceptors (Lipinski definition) is 0. The normalized spacial score (nSPS) is 45.1. The highest BCUT2D eigenvalue weighted by molar-refractivity contribution is 5.42. The fourth-order valence-corrected chi connectivity index (χ4v) is 18.2. The largest absolute Gasteiger partial charge is 0.0882 e. The molecule has 0 spiro atoms. The zero-order valence-electron chi connectivity index (χ0n) is 35.7. The van der Waals surface area contributed by atoms with Gasteiger partial charge in [0, 0.05) is 0 Å². The zero-order chi connectivity index (χ0) is 37.3. The second-order valence-corrected chi connectivity index (χ2v) is 22.5. The van der Waals surface area contributed by atoms with Gasteiger partial charge in [0.2, 0.25) is 0 Å². The van der Waals surface area contributed by atoms with Gasteiger partial charge in [-0.25, -0.2) is 0 Å². The van der Waals surface area contributed by atoms with Crippen LogP contribution in [-0.2, 0) is 0 Å². The first-order valence-corrected chi connectivity index (χ1v) is 25.5. The van der Waals surface area contributed by atoms with Crippen molar-refractivity contribution in [3.63, 3.8) is 0 Å². The van der Waals surface area contributed by atoms with E-state index in [2.05, 4.69) is 85.7 Å². The van der Waals surface area contributed by atoms with Crippen LogP contribution >= 0.6 is 0 Å². The Morgan fingerprint density at radius 2 is 1.16 bits per heavy atom. The number of rotatable bonds is 6. The maximum atomic E-state index is 2.80. The monoisotopic (exact) mass is 751 g/mol. The lowest BCUT2D eigenvalue weighted by Crippen LogP contribution is -2.48. The lowest BCUT2D eigenvalue weighted by Gasteiger charge is -2.57. The molecule has 10 aliphatic carbocycles. The molecule has 0 radical (unpaired) electrons. The van der Waals surface area contributed by atoms with Gasteiger partial charge in [-0.05, 0) is 220 Å². The molecule has 4 fully saturated rings. The Bertz CT molecular complexity index is 1670. The molecule has 0 aromatic heterocycles. The minimum Gasteiger partial charge on any atom is -0.0882 e. The van der Waals surface area contributed by atoms with Gasteiger partial charge < -0.3 is 0 Å². The lowest BCUT2D eigenvalue weighted by atomic mass is 9.47. The number of allylic oxidation sites excluding steroid dienone is 8. The second kappa shape index (κ2) is 15.7. The van der Waals surface area contributed by atoms with Gasteiger partial charge in [-0.1, -0.05) is 124 Å². The third-order valence-electron chi connectivity index (χ3n) is 20.0. The Hall–Kier alpha value is -1.82. The van der Waals surface area contributed by atoms with Crippen molar-refractivity contribution in [2.45, 2.75) is 167 Å². The second-order valence-electron chi connectivity index (χ2n) is 22.5. The highest BCUT2D eigenvalue weighted by atomic mass is 14.7. The van der Waals surface area contributed by atoms with Crippen LogP contribution < -0.4 is 0 Å². The van der Waals surface area contributed by atoms with Crippen molar-refractivity contribution in [3.05, 3.63) is 83.0 Å². The van der Waals surface area contributed by atoms with E-state index in [9.17, 15) is 0 Å². The maximum Gasteiger partial charge on any atom is -0.00875 e. The first-order valence-electron chi connectivity index (χ1n) is 25.5. The van der Waals surface area contributed by atoms with Gasteiger partial charge >= 0.3 is 0 Å². The van der Waals surface area contributed by atoms with Crippen LogP contribution in [-0.4, -0.2) is 0 Å². The molecule has 2 bridgehead atoms. The van der Waals surface area contributed by atoms with E-state index < -0.39 is 0 Å². The van der Waals surface area contributed by atoms with E-state index in [-0.39, 0.29) is 0 Å². The highest BCUT2D eigenvalue weighted by Gasteiger charge is 2.61. The van der Waals surface area contributed by atoms with E-state index in [0.717, 1.165) is 94.7 Å². The van der Waals surface area contributed by atoms with Gasteiger partial charge in [-0.2, -0.15) is 0 Å². The molecule has 0 saturated heterocycles. The topological polar surface area (TPSA) is 0 Å². The van der Waals surface area contributed by atoms with Crippen molar-refractivity contribution in [3.8, 4) is 0 Å². The van der Waals surface area contributed by atoms with E-state index >= 15 is 0 Å². The Morgan fingerprint density at radius 1 is 0.464 bits per heavy atom. The minimum atomic E-state index is 0.694. The molecule has 0 amide bonds. The third kappa shape index (κ3) is 6.22. The van der Waals surface area contributed by atoms with Crippen LogP contribution in [0.3, 0.4) is 0 Å². The van der Waals surface area contributed by atoms with E-state index in [1.54, 1.807) is 31.2 Å². The smallest absolute Gasteiger partial charge is 0.00875 e. The first-order chi connectivity index (χ1) is 27.7. The molecule has 302 valence electrons. The molecule has 4 saturated carbocycles. The van der Waals surface area contributed by atoms with Gasteiger partial charge in [-0.15, -0.1) is 0 Å². The standard InChI is InChI=1S/C56H78/c1-35(2)51-46-31-32-47(51)56-54(39-22-10-5-11-23-39)50-33-40(29-30-45(50)53(55(46)56)38-20-8-4-9-21-38)48-34-49(42-28-16-24-36-17-12-13-25-41(36)42)43-26-14-15-27-44(43)52(48)37-18-6-3-7-19-37/h8,13-16,20,25-28,35-42,45-54H,3-7,9-12,17-19,21-24,29-34H2,1-2H3. The summed E-state index contributed by atoms with van der Waals surface area (Å²) in [5.74, 6) is 15.7. The summed E-state index contributed by atoms with van der Waals surface area (Å²) < 4.78 is 0. The molecule has 11 rings (SSSR count). The Kier molecular flexibility index (Phi) is 10.4. The SMILES string of the molecule is CC(C)C1C2CCC1C1=C2C(C2C=CCCC2)C2CCC(C3CC(C4C=CCC5CCC=CC54)c4ccccc4C3C3CCCCC3)CC2C1C1CCCCC1. The van der Waals surface area contributed by atoms with Crippen LogP contribution in [0.2, 0.25) is 0 Å². The summed E-state index contributed by atoms with van der Waals surface area (Å²) in [6.07, 6.45) is 48.6. The predicted octanol–water partition coefficient (Wildman–Crippen LogP) is 15.4. The molecule has 0 nitrogen and oxygen atoms in total. The van der Waals surface area contributed by atoms with Gasteiger partial charge in [0.1, 0.15) is 0 Å². The molecule has 56 heavy (non-hydrogen) atoms. The van der Waals surface area contributed by atoms with E-state index in [1.807, 2.05) is 5.56 Å². The molecule has 0 heterocycles. The summed E-state index contributed by atoms with van der Waals surface area (Å²) >= 11 is 0. The van der Waals surface area contributed by atoms with Crippen molar-refractivity contribution >= 4 is 0 Å². The first kappa shape index (κ1) is 37.2. The van der Waals surface area contributed by atoms with Gasteiger partial charge in [-0.3, -0.25) is 0 Å². The lowest BCUT2D eigenvalue weighted by molar-refractivity contribution is 0.000325. The average molecular weight is 751 g/mol. The molecular formula is C56H78. The maximum absolute atomic E-state index is 2.80. The summed E-state index contributed by atoms with van der Waals surface area (Å²) in [5.41, 5.74) is 7.96. The van der Waals surface area contributed by atoms with Crippen LogP contribution in [0.1, 0.15) is 178 Å². The highest BCUT2D eigenvalue weighted by Crippen LogP contribution is 2.70. The van der Waals surface area contributed by atoms with Crippen LogP contribution in [0.25, 0.3) is 0 Å². The Labute approximate surface area is 343 Å². The number of benzene rings is 1. The summed E-state index contributed by atoms with van der Waals surface area (Å²) in [7, 11) is 0. The third-order valence-corrected chi connectivity index (χ3v) is 20.0.